The van der Waals surface area contributed by atoms with Gasteiger partial charge in [0, 0.05) is 22.6 Å². The highest BCUT2D eigenvalue weighted by molar-refractivity contribution is 7.99. The fraction of sp³-hybridized carbons (Fsp3) is 0.500. The molecule has 1 rings (SSSR count). The highest BCUT2D eigenvalue weighted by Crippen LogP contribution is 2.19. The van der Waals surface area contributed by atoms with Crippen LogP contribution in [-0.2, 0) is 0 Å². The zero-order valence-electron chi connectivity index (χ0n) is 11.6. The average molecular weight is 281 g/mol. The zero-order valence-corrected chi connectivity index (χ0v) is 12.4. The standard InChI is InChI=1S/C14H23N3OS/c1-14(2,13(15)17-18)8-9-16-10-11-19-12-6-4-3-5-7-12/h3-7,16,18H,8-11H2,1-2H3,(H2,15,17). The molecule has 4 N–H and O–H groups in total. The van der Waals surface area contributed by atoms with Crippen molar-refractivity contribution in [3.05, 3.63) is 30.3 Å². The Bertz CT molecular complexity index is 393. The Morgan fingerprint density at radius 3 is 2.63 bits per heavy atom. The highest BCUT2D eigenvalue weighted by Gasteiger charge is 2.22. The number of benzene rings is 1. The van der Waals surface area contributed by atoms with Gasteiger partial charge in [0.1, 0.15) is 5.84 Å². The lowest BCUT2D eigenvalue weighted by Gasteiger charge is -2.22. The number of hydrogen-bond acceptors (Lipinski definition) is 4. The van der Waals surface area contributed by atoms with Crippen LogP contribution in [0.3, 0.4) is 0 Å². The molecular weight excluding hydrogens is 258 g/mol. The van der Waals surface area contributed by atoms with Crippen LogP contribution >= 0.6 is 11.8 Å². The van der Waals surface area contributed by atoms with Crippen LogP contribution in [0.25, 0.3) is 0 Å². The Kier molecular flexibility index (Phi) is 6.73. The van der Waals surface area contributed by atoms with Gasteiger partial charge in [-0.25, -0.2) is 0 Å². The van der Waals surface area contributed by atoms with Gasteiger partial charge in [0.25, 0.3) is 0 Å². The summed E-state index contributed by atoms with van der Waals surface area (Å²) in [5.74, 6) is 1.32. The van der Waals surface area contributed by atoms with E-state index in [9.17, 15) is 0 Å². The van der Waals surface area contributed by atoms with Gasteiger partial charge in [-0.05, 0) is 25.1 Å². The van der Waals surface area contributed by atoms with Crippen molar-refractivity contribution in [3.63, 3.8) is 0 Å². The van der Waals surface area contributed by atoms with E-state index in [1.807, 2.05) is 31.7 Å². The first-order valence-electron chi connectivity index (χ1n) is 6.43. The van der Waals surface area contributed by atoms with Gasteiger partial charge >= 0.3 is 0 Å². The van der Waals surface area contributed by atoms with Crippen LogP contribution < -0.4 is 11.1 Å². The van der Waals surface area contributed by atoms with Gasteiger partial charge in [-0.3, -0.25) is 0 Å². The maximum Gasteiger partial charge on any atom is 0.144 e. The van der Waals surface area contributed by atoms with E-state index < -0.39 is 0 Å². The van der Waals surface area contributed by atoms with Crippen LogP contribution in [0.2, 0.25) is 0 Å². The van der Waals surface area contributed by atoms with E-state index in [-0.39, 0.29) is 11.3 Å². The third-order valence-corrected chi connectivity index (χ3v) is 4.03. The summed E-state index contributed by atoms with van der Waals surface area (Å²) in [5.41, 5.74) is 5.37. The molecule has 106 valence electrons. The van der Waals surface area contributed by atoms with E-state index >= 15 is 0 Å². The Morgan fingerprint density at radius 2 is 2.00 bits per heavy atom. The molecule has 0 unspecified atom stereocenters. The lowest BCUT2D eigenvalue weighted by atomic mass is 9.88. The molecule has 0 aliphatic rings. The normalized spacial score (nSPS) is 12.6. The van der Waals surface area contributed by atoms with Gasteiger partial charge in [-0.2, -0.15) is 0 Å². The second kappa shape index (κ2) is 8.07. The topological polar surface area (TPSA) is 70.6 Å². The summed E-state index contributed by atoms with van der Waals surface area (Å²) in [5, 5.41) is 15.1. The van der Waals surface area contributed by atoms with E-state index in [1.165, 1.54) is 4.90 Å². The Labute approximate surface area is 119 Å². The van der Waals surface area contributed by atoms with Crippen molar-refractivity contribution in [1.82, 2.24) is 5.32 Å². The summed E-state index contributed by atoms with van der Waals surface area (Å²) in [6.07, 6.45) is 0.846. The molecule has 0 aliphatic carbocycles. The summed E-state index contributed by atoms with van der Waals surface area (Å²) in [7, 11) is 0. The van der Waals surface area contributed by atoms with Gasteiger partial charge in [0.2, 0.25) is 0 Å². The first-order valence-corrected chi connectivity index (χ1v) is 7.41. The number of nitrogens with two attached hydrogens (primary N) is 1. The van der Waals surface area contributed by atoms with Crippen LogP contribution in [0.1, 0.15) is 20.3 Å². The maximum atomic E-state index is 8.68. The van der Waals surface area contributed by atoms with Crippen molar-refractivity contribution in [2.45, 2.75) is 25.2 Å². The summed E-state index contributed by atoms with van der Waals surface area (Å²) in [4.78, 5) is 1.29. The smallest absolute Gasteiger partial charge is 0.144 e. The molecule has 0 bridgehead atoms. The van der Waals surface area contributed by atoms with E-state index in [0.29, 0.717) is 0 Å². The van der Waals surface area contributed by atoms with E-state index in [2.05, 4.69) is 34.7 Å². The van der Waals surface area contributed by atoms with Crippen molar-refractivity contribution in [2.75, 3.05) is 18.8 Å². The van der Waals surface area contributed by atoms with Crippen molar-refractivity contribution >= 4 is 17.6 Å². The van der Waals surface area contributed by atoms with Crippen molar-refractivity contribution in [3.8, 4) is 0 Å². The summed E-state index contributed by atoms with van der Waals surface area (Å²) in [6.45, 7) is 5.76. The van der Waals surface area contributed by atoms with Crippen molar-refractivity contribution in [1.29, 1.82) is 0 Å². The molecule has 5 heteroatoms. The molecule has 0 aliphatic heterocycles. The lowest BCUT2D eigenvalue weighted by molar-refractivity contribution is 0.305. The first-order chi connectivity index (χ1) is 9.06. The fourth-order valence-corrected chi connectivity index (χ4v) is 2.38. The predicted molar refractivity (Wildman–Crippen MR) is 81.8 cm³/mol. The minimum absolute atomic E-state index is 0.270. The first kappa shape index (κ1) is 15.9. The third kappa shape index (κ3) is 5.98. The highest BCUT2D eigenvalue weighted by atomic mass is 32.2. The molecule has 0 heterocycles. The Balaban J connectivity index is 2.12. The third-order valence-electron chi connectivity index (χ3n) is 3.02. The molecule has 0 radical (unpaired) electrons. The number of amidine groups is 1. The zero-order chi connectivity index (χ0) is 14.1. The molecule has 19 heavy (non-hydrogen) atoms. The number of thioether (sulfide) groups is 1. The number of nitrogens with zero attached hydrogens (tertiary/aromatic N) is 1. The van der Waals surface area contributed by atoms with Gasteiger partial charge in [0.15, 0.2) is 0 Å². The molecular formula is C14H23N3OS. The Morgan fingerprint density at radius 1 is 1.32 bits per heavy atom. The second-order valence-electron chi connectivity index (χ2n) is 5.03. The number of nitrogens with one attached hydrogen (secondary N) is 1. The molecule has 0 amide bonds. The molecule has 4 nitrogen and oxygen atoms in total. The minimum Gasteiger partial charge on any atom is -0.409 e. The summed E-state index contributed by atoms with van der Waals surface area (Å²) in [6, 6.07) is 10.4. The second-order valence-corrected chi connectivity index (χ2v) is 6.20. The van der Waals surface area contributed by atoms with E-state index in [1.54, 1.807) is 0 Å². The molecule has 0 atom stereocenters. The average Bonchev–Trinajstić information content (AvgIpc) is 2.42. The van der Waals surface area contributed by atoms with Crippen LogP contribution in [0.15, 0.2) is 40.4 Å². The molecule has 0 spiro atoms. The lowest BCUT2D eigenvalue weighted by Crippen LogP contribution is -2.35. The molecule has 0 saturated heterocycles. The maximum absolute atomic E-state index is 8.68. The summed E-state index contributed by atoms with van der Waals surface area (Å²) >= 11 is 1.84. The van der Waals surface area contributed by atoms with Crippen LogP contribution in [0, 0.1) is 5.41 Å². The quantitative estimate of drug-likeness (QED) is 0.171. The minimum atomic E-state index is -0.270. The van der Waals surface area contributed by atoms with Crippen LogP contribution in [0.5, 0.6) is 0 Å². The van der Waals surface area contributed by atoms with Crippen molar-refractivity contribution < 1.29 is 5.21 Å². The summed E-state index contributed by atoms with van der Waals surface area (Å²) < 4.78 is 0. The van der Waals surface area contributed by atoms with Gasteiger partial charge < -0.3 is 16.3 Å². The van der Waals surface area contributed by atoms with Crippen LogP contribution in [-0.4, -0.2) is 29.9 Å². The van der Waals surface area contributed by atoms with Crippen LogP contribution in [0.4, 0.5) is 0 Å². The van der Waals surface area contributed by atoms with Crippen molar-refractivity contribution in [2.24, 2.45) is 16.3 Å². The molecule has 1 aromatic rings. The molecule has 0 fully saturated rings. The van der Waals surface area contributed by atoms with E-state index in [4.69, 9.17) is 10.9 Å². The fourth-order valence-electron chi connectivity index (χ4n) is 1.55. The monoisotopic (exact) mass is 281 g/mol. The SMILES string of the molecule is CC(C)(CCNCCSc1ccccc1)C(N)=NO. The molecule has 0 aromatic heterocycles. The van der Waals surface area contributed by atoms with E-state index in [0.717, 1.165) is 25.3 Å². The Hall–Kier alpha value is -1.20. The molecule has 0 saturated carbocycles. The number of oxime groups is 1. The number of rotatable bonds is 8. The predicted octanol–water partition coefficient (Wildman–Crippen LogP) is 2.53. The van der Waals surface area contributed by atoms with Gasteiger partial charge in [-0.15, -0.1) is 11.8 Å². The van der Waals surface area contributed by atoms with Gasteiger partial charge in [-0.1, -0.05) is 37.2 Å². The number of hydrogen-bond donors (Lipinski definition) is 3. The van der Waals surface area contributed by atoms with Gasteiger partial charge in [0.05, 0.1) is 0 Å². The molecule has 1 aromatic carbocycles. The largest absolute Gasteiger partial charge is 0.409 e.